The van der Waals surface area contributed by atoms with E-state index in [-0.39, 0.29) is 17.8 Å². The summed E-state index contributed by atoms with van der Waals surface area (Å²) in [7, 11) is 2.15. The molecule has 11 nitrogen and oxygen atoms in total. The van der Waals surface area contributed by atoms with Gasteiger partial charge in [0.1, 0.15) is 17.9 Å². The Morgan fingerprint density at radius 1 is 0.975 bits per heavy atom. The second-order valence-corrected chi connectivity index (χ2v) is 10.2. The second-order valence-electron chi connectivity index (χ2n) is 10.2. The molecule has 2 aromatic carbocycles. The van der Waals surface area contributed by atoms with Crippen LogP contribution in [0.4, 0.5) is 33.3 Å². The zero-order valence-electron chi connectivity index (χ0n) is 22.3. The van der Waals surface area contributed by atoms with Gasteiger partial charge < -0.3 is 30.4 Å². The molecule has 0 bridgehead atoms. The first-order chi connectivity index (χ1) is 19.5. The van der Waals surface area contributed by atoms with Crippen molar-refractivity contribution in [3.8, 4) is 0 Å². The topological polar surface area (TPSA) is 115 Å². The molecule has 2 saturated heterocycles. The molecule has 208 valence electrons. The molecule has 1 amide bonds. The van der Waals surface area contributed by atoms with Crippen LogP contribution in [0.2, 0.25) is 0 Å². The van der Waals surface area contributed by atoms with Gasteiger partial charge in [-0.3, -0.25) is 9.36 Å². The van der Waals surface area contributed by atoms with E-state index in [2.05, 4.69) is 44.6 Å². The highest BCUT2D eigenvalue weighted by Crippen LogP contribution is 2.32. The first-order valence-electron chi connectivity index (χ1n) is 13.4. The number of amides is 1. The molecule has 0 saturated carbocycles. The van der Waals surface area contributed by atoms with Gasteiger partial charge in [-0.1, -0.05) is 0 Å². The van der Waals surface area contributed by atoms with Crippen LogP contribution in [0.25, 0.3) is 11.2 Å². The number of halogens is 1. The number of nitrogens with zero attached hydrogens (tertiary/aromatic N) is 7. The zero-order chi connectivity index (χ0) is 27.6. The SMILES string of the molecule is CN1CCN(c2ccc(Nc3ncc4nc(Nc5ccc(F)cc5)n([C@H]5CCN(C(=O)CO)C5)c4n3)cc2)CC1. The molecule has 0 aliphatic carbocycles. The molecule has 4 aromatic rings. The number of imidazole rings is 1. The number of aliphatic hydroxyl groups is 1. The fourth-order valence-electron chi connectivity index (χ4n) is 5.28. The van der Waals surface area contributed by atoms with E-state index in [1.165, 1.54) is 17.8 Å². The van der Waals surface area contributed by atoms with Gasteiger partial charge in [-0.25, -0.2) is 14.4 Å². The fraction of sp³-hybridized carbons (Fsp3) is 0.357. The molecule has 4 heterocycles. The van der Waals surface area contributed by atoms with Crippen LogP contribution in [-0.4, -0.2) is 93.3 Å². The van der Waals surface area contributed by atoms with Crippen LogP contribution in [0.15, 0.2) is 54.7 Å². The van der Waals surface area contributed by atoms with Crippen LogP contribution < -0.4 is 15.5 Å². The van der Waals surface area contributed by atoms with Gasteiger partial charge in [-0.2, -0.15) is 4.98 Å². The number of benzene rings is 2. The second kappa shape index (κ2) is 11.1. The number of hydrogen-bond acceptors (Lipinski definition) is 9. The van der Waals surface area contributed by atoms with E-state index in [0.29, 0.717) is 48.3 Å². The summed E-state index contributed by atoms with van der Waals surface area (Å²) in [4.78, 5) is 32.5. The van der Waals surface area contributed by atoms with E-state index < -0.39 is 6.61 Å². The summed E-state index contributed by atoms with van der Waals surface area (Å²) < 4.78 is 15.5. The number of rotatable bonds is 7. The Labute approximate surface area is 231 Å². The van der Waals surface area contributed by atoms with E-state index in [4.69, 9.17) is 9.97 Å². The summed E-state index contributed by atoms with van der Waals surface area (Å²) in [5.74, 6) is 0.312. The Morgan fingerprint density at radius 3 is 2.40 bits per heavy atom. The van der Waals surface area contributed by atoms with Crippen molar-refractivity contribution in [2.75, 3.05) is 68.5 Å². The maximum atomic E-state index is 13.5. The molecule has 40 heavy (non-hydrogen) atoms. The number of fused-ring (bicyclic) bond motifs is 1. The van der Waals surface area contributed by atoms with Crippen molar-refractivity contribution < 1.29 is 14.3 Å². The Morgan fingerprint density at radius 2 is 1.68 bits per heavy atom. The first kappa shape index (κ1) is 26.0. The Kier molecular flexibility index (Phi) is 7.18. The number of piperazine rings is 1. The van der Waals surface area contributed by atoms with Gasteiger partial charge >= 0.3 is 0 Å². The molecular weight excluding hydrogens is 513 g/mol. The van der Waals surface area contributed by atoms with Crippen LogP contribution >= 0.6 is 0 Å². The average molecular weight is 546 g/mol. The van der Waals surface area contributed by atoms with Gasteiger partial charge in [0, 0.05) is 56.3 Å². The molecule has 0 spiro atoms. The van der Waals surface area contributed by atoms with Crippen LogP contribution in [0.5, 0.6) is 0 Å². The number of carbonyl (C=O) groups is 1. The minimum absolute atomic E-state index is 0.117. The zero-order valence-corrected chi connectivity index (χ0v) is 22.3. The van der Waals surface area contributed by atoms with E-state index in [1.54, 1.807) is 23.2 Å². The number of hydrogen-bond donors (Lipinski definition) is 3. The quantitative estimate of drug-likeness (QED) is 0.322. The summed E-state index contributed by atoms with van der Waals surface area (Å²) in [5.41, 5.74) is 3.93. The van der Waals surface area contributed by atoms with Gasteiger partial charge in [-0.05, 0) is 62.0 Å². The third kappa shape index (κ3) is 5.40. The van der Waals surface area contributed by atoms with Crippen molar-refractivity contribution in [2.24, 2.45) is 0 Å². The number of anilines is 5. The normalized spacial score (nSPS) is 17.9. The summed E-state index contributed by atoms with van der Waals surface area (Å²) in [6, 6.07) is 14.2. The predicted molar refractivity (Wildman–Crippen MR) is 152 cm³/mol. The number of likely N-dealkylation sites (tertiary alicyclic amines) is 1. The van der Waals surface area contributed by atoms with Crippen molar-refractivity contribution in [2.45, 2.75) is 12.5 Å². The molecule has 0 radical (unpaired) electrons. The molecule has 1 atom stereocenters. The van der Waals surface area contributed by atoms with E-state index in [1.807, 2.05) is 16.7 Å². The maximum Gasteiger partial charge on any atom is 0.248 e. The predicted octanol–water partition coefficient (Wildman–Crippen LogP) is 2.97. The van der Waals surface area contributed by atoms with Crippen molar-refractivity contribution >= 4 is 46.0 Å². The highest BCUT2D eigenvalue weighted by atomic mass is 19.1. The van der Waals surface area contributed by atoms with E-state index in [9.17, 15) is 14.3 Å². The largest absolute Gasteiger partial charge is 0.387 e. The highest BCUT2D eigenvalue weighted by Gasteiger charge is 2.30. The van der Waals surface area contributed by atoms with Crippen molar-refractivity contribution in [1.29, 1.82) is 0 Å². The summed E-state index contributed by atoms with van der Waals surface area (Å²) in [6.07, 6.45) is 2.34. The van der Waals surface area contributed by atoms with E-state index in [0.717, 1.165) is 31.9 Å². The van der Waals surface area contributed by atoms with E-state index >= 15 is 0 Å². The van der Waals surface area contributed by atoms with Crippen LogP contribution in [0.1, 0.15) is 12.5 Å². The van der Waals surface area contributed by atoms with Gasteiger partial charge in [0.2, 0.25) is 17.8 Å². The standard InChI is InChI=1S/C28H32FN9O2/c1-35-12-14-36(15-13-35)22-8-6-20(7-9-22)31-27-30-16-24-26(34-27)38(23-10-11-37(17-23)25(40)18-39)28(33-24)32-21-4-2-19(29)3-5-21/h2-9,16,23,39H,10-15,17-18H2,1H3,(H,32,33)(H,30,31,34)/t23-/m0/s1. The number of aromatic nitrogens is 4. The molecule has 3 N–H and O–H groups in total. The van der Waals surface area contributed by atoms with Gasteiger partial charge in [-0.15, -0.1) is 0 Å². The Hall–Kier alpha value is -4.29. The molecular formula is C28H32FN9O2. The van der Waals surface area contributed by atoms with Crippen LogP contribution in [0.3, 0.4) is 0 Å². The van der Waals surface area contributed by atoms with Gasteiger partial charge in [0.15, 0.2) is 5.65 Å². The summed E-state index contributed by atoms with van der Waals surface area (Å²) in [6.45, 7) is 4.52. The monoisotopic (exact) mass is 545 g/mol. The van der Waals surface area contributed by atoms with Crippen molar-refractivity contribution in [3.63, 3.8) is 0 Å². The molecule has 2 fully saturated rings. The van der Waals surface area contributed by atoms with Crippen molar-refractivity contribution in [1.82, 2.24) is 29.3 Å². The molecule has 0 unspecified atom stereocenters. The molecule has 2 aliphatic rings. The maximum absolute atomic E-state index is 13.5. The molecule has 2 aliphatic heterocycles. The molecule has 2 aromatic heterocycles. The smallest absolute Gasteiger partial charge is 0.248 e. The minimum atomic E-state index is -0.526. The third-order valence-electron chi connectivity index (χ3n) is 7.54. The lowest BCUT2D eigenvalue weighted by Gasteiger charge is -2.34. The fourth-order valence-corrected chi connectivity index (χ4v) is 5.28. The van der Waals surface area contributed by atoms with Crippen molar-refractivity contribution in [3.05, 3.63) is 60.5 Å². The average Bonchev–Trinajstić information content (AvgIpc) is 3.59. The lowest BCUT2D eigenvalue weighted by atomic mass is 10.2. The Bertz CT molecular complexity index is 1480. The number of carbonyl (C=O) groups excluding carboxylic acids is 1. The molecule has 6 rings (SSSR count). The highest BCUT2D eigenvalue weighted by molar-refractivity contribution is 5.79. The number of aliphatic hydroxyl groups excluding tert-OH is 1. The molecule has 12 heteroatoms. The van der Waals surface area contributed by atoms with Crippen LogP contribution in [0, 0.1) is 5.82 Å². The third-order valence-corrected chi connectivity index (χ3v) is 7.54. The number of likely N-dealkylation sites (N-methyl/N-ethyl adjacent to an activating group) is 1. The summed E-state index contributed by atoms with van der Waals surface area (Å²) in [5, 5.41) is 15.9. The minimum Gasteiger partial charge on any atom is -0.387 e. The lowest BCUT2D eigenvalue weighted by molar-refractivity contribution is -0.133. The Balaban J connectivity index is 1.28. The van der Waals surface area contributed by atoms with Crippen LogP contribution in [-0.2, 0) is 4.79 Å². The first-order valence-corrected chi connectivity index (χ1v) is 13.4. The van der Waals surface area contributed by atoms with Gasteiger partial charge in [0.05, 0.1) is 12.2 Å². The number of nitrogens with one attached hydrogen (secondary N) is 2. The summed E-state index contributed by atoms with van der Waals surface area (Å²) >= 11 is 0. The van der Waals surface area contributed by atoms with Gasteiger partial charge in [0.25, 0.3) is 0 Å². The lowest BCUT2D eigenvalue weighted by Crippen LogP contribution is -2.44.